The van der Waals surface area contributed by atoms with Gasteiger partial charge in [-0.15, -0.1) is 0 Å². The number of sulfone groups is 1. The van der Waals surface area contributed by atoms with Crippen molar-refractivity contribution >= 4 is 82.2 Å². The van der Waals surface area contributed by atoms with E-state index in [0.717, 1.165) is 18.5 Å². The van der Waals surface area contributed by atoms with Crippen LogP contribution in [0, 0.1) is 11.6 Å². The maximum Gasteiger partial charge on any atom is 0.263 e. The first-order chi connectivity index (χ1) is 23.5. The van der Waals surface area contributed by atoms with Gasteiger partial charge in [0.05, 0.1) is 37.6 Å². The maximum absolute atomic E-state index is 15.8. The Kier molecular flexibility index (Phi) is 8.60. The third-order valence-corrected chi connectivity index (χ3v) is 12.6. The van der Waals surface area contributed by atoms with Gasteiger partial charge < -0.3 is 10.1 Å². The second kappa shape index (κ2) is 12.8. The number of nitrogens with one attached hydrogen (secondary N) is 2. The van der Waals surface area contributed by atoms with E-state index in [-0.39, 0.29) is 37.7 Å². The van der Waals surface area contributed by atoms with Gasteiger partial charge in [0.15, 0.2) is 21.5 Å². The predicted octanol–water partition coefficient (Wildman–Crippen LogP) is 6.45. The number of hydrogen-bond acceptors (Lipinski definition) is 10. The molecule has 1 aliphatic rings. The molecule has 0 saturated carbocycles. The number of anilines is 3. The molecule has 3 aromatic carbocycles. The lowest BCUT2D eigenvalue weighted by atomic mass is 10.2. The molecule has 7 rings (SSSR count). The van der Waals surface area contributed by atoms with Gasteiger partial charge in [-0.3, -0.25) is 9.29 Å². The van der Waals surface area contributed by atoms with Crippen molar-refractivity contribution in [1.82, 2.24) is 24.5 Å². The molecule has 4 heterocycles. The standard InChI is InChI=1S/C31H23Cl2F2N7O5S2/c32-19-5-3-7-24(26(19)33)49(45,46)41-21-9-8-20(34)28(27(21)35)39-30-29-22(37-16-38-30)14-36-31(40-29)42-15-25(18-4-1-2-6-23(18)42)48(43,44)17-10-12-47-13-11-17/h1-9,14-17,41H,10-13H2,(H,37,38,39). The fraction of sp³-hybridized carbons (Fsp3) is 0.161. The molecule has 0 spiro atoms. The Hall–Kier alpha value is -4.48. The zero-order valence-electron chi connectivity index (χ0n) is 24.9. The first-order valence-corrected chi connectivity index (χ1v) is 18.4. The average Bonchev–Trinajstić information content (AvgIpc) is 3.50. The predicted molar refractivity (Wildman–Crippen MR) is 180 cm³/mol. The molecular formula is C31H23Cl2F2N7O5S2. The summed E-state index contributed by atoms with van der Waals surface area (Å²) in [6.45, 7) is 0.691. The van der Waals surface area contributed by atoms with Crippen LogP contribution < -0.4 is 10.0 Å². The first-order valence-electron chi connectivity index (χ1n) is 14.6. The van der Waals surface area contributed by atoms with Gasteiger partial charge in [-0.05, 0) is 43.2 Å². The minimum Gasteiger partial charge on any atom is -0.381 e. The van der Waals surface area contributed by atoms with Crippen molar-refractivity contribution in [1.29, 1.82) is 0 Å². The Morgan fingerprint density at radius 3 is 2.47 bits per heavy atom. The number of ether oxygens (including phenoxy) is 1. The smallest absolute Gasteiger partial charge is 0.263 e. The van der Waals surface area contributed by atoms with E-state index in [4.69, 9.17) is 27.9 Å². The third kappa shape index (κ3) is 6.03. The highest BCUT2D eigenvalue weighted by molar-refractivity contribution is 7.93. The topological polar surface area (TPSA) is 158 Å². The summed E-state index contributed by atoms with van der Waals surface area (Å²) < 4.78 is 93.5. The fourth-order valence-corrected chi connectivity index (χ4v) is 9.24. The number of sulfonamides is 1. The number of benzene rings is 3. The minimum atomic E-state index is -4.45. The van der Waals surface area contributed by atoms with Crippen LogP contribution in [0.3, 0.4) is 0 Å². The molecule has 3 aromatic heterocycles. The molecule has 12 nitrogen and oxygen atoms in total. The van der Waals surface area contributed by atoms with Crippen molar-refractivity contribution in [2.75, 3.05) is 23.3 Å². The van der Waals surface area contributed by atoms with Gasteiger partial charge in [0.2, 0.25) is 5.95 Å². The normalized spacial score (nSPS) is 14.4. The molecule has 1 fully saturated rings. The van der Waals surface area contributed by atoms with Gasteiger partial charge in [0, 0.05) is 24.8 Å². The third-order valence-electron chi connectivity index (χ3n) is 7.95. The monoisotopic (exact) mass is 745 g/mol. The zero-order valence-corrected chi connectivity index (χ0v) is 28.1. The van der Waals surface area contributed by atoms with E-state index in [1.165, 1.54) is 35.2 Å². The summed E-state index contributed by atoms with van der Waals surface area (Å²) in [5.41, 5.74) is -0.592. The van der Waals surface area contributed by atoms with Crippen LogP contribution in [0.1, 0.15) is 12.8 Å². The van der Waals surface area contributed by atoms with Crippen molar-refractivity contribution in [3.8, 4) is 5.95 Å². The van der Waals surface area contributed by atoms with Crippen molar-refractivity contribution in [2.45, 2.75) is 27.9 Å². The minimum absolute atomic E-state index is 0.0337. The Balaban J connectivity index is 1.28. The molecule has 1 saturated heterocycles. The van der Waals surface area contributed by atoms with Crippen LogP contribution in [0.15, 0.2) is 83.1 Å². The molecular weight excluding hydrogens is 723 g/mol. The Morgan fingerprint density at radius 2 is 1.67 bits per heavy atom. The first kappa shape index (κ1) is 33.0. The van der Waals surface area contributed by atoms with Crippen LogP contribution in [0.4, 0.5) is 26.0 Å². The largest absolute Gasteiger partial charge is 0.381 e. The number of halogens is 4. The van der Waals surface area contributed by atoms with Crippen LogP contribution in [0.5, 0.6) is 0 Å². The summed E-state index contributed by atoms with van der Waals surface area (Å²) in [7, 11) is -8.21. The Labute approximate surface area is 288 Å². The van der Waals surface area contributed by atoms with Gasteiger partial charge in [-0.25, -0.2) is 45.6 Å². The summed E-state index contributed by atoms with van der Waals surface area (Å²) in [6.07, 6.45) is 4.67. The Morgan fingerprint density at radius 1 is 0.898 bits per heavy atom. The lowest BCUT2D eigenvalue weighted by Crippen LogP contribution is -2.28. The van der Waals surface area contributed by atoms with Gasteiger partial charge in [-0.1, -0.05) is 47.5 Å². The molecule has 6 aromatic rings. The summed E-state index contributed by atoms with van der Waals surface area (Å²) in [5.74, 6) is -2.46. The van der Waals surface area contributed by atoms with Crippen molar-refractivity contribution < 1.29 is 30.4 Å². The van der Waals surface area contributed by atoms with E-state index < -0.39 is 53.0 Å². The van der Waals surface area contributed by atoms with Gasteiger partial charge in [-0.2, -0.15) is 0 Å². The van der Waals surface area contributed by atoms with E-state index in [2.05, 4.69) is 30.0 Å². The average molecular weight is 747 g/mol. The molecule has 1 aliphatic heterocycles. The molecule has 18 heteroatoms. The maximum atomic E-state index is 15.8. The molecule has 0 unspecified atom stereocenters. The van der Waals surface area contributed by atoms with Gasteiger partial charge >= 0.3 is 0 Å². The summed E-state index contributed by atoms with van der Waals surface area (Å²) >= 11 is 12.0. The van der Waals surface area contributed by atoms with Crippen molar-refractivity contribution in [3.63, 3.8) is 0 Å². The summed E-state index contributed by atoms with van der Waals surface area (Å²) in [6, 6.07) is 12.6. The number of hydrogen-bond donors (Lipinski definition) is 2. The molecule has 0 radical (unpaired) electrons. The van der Waals surface area contributed by atoms with Crippen molar-refractivity contribution in [3.05, 3.63) is 95.0 Å². The molecule has 252 valence electrons. The number of nitrogens with zero attached hydrogens (tertiary/aromatic N) is 5. The van der Waals surface area contributed by atoms with Crippen LogP contribution in [-0.4, -0.2) is 59.8 Å². The molecule has 2 N–H and O–H groups in total. The summed E-state index contributed by atoms with van der Waals surface area (Å²) in [5, 5.41) is 2.12. The van der Waals surface area contributed by atoms with Crippen LogP contribution >= 0.6 is 23.2 Å². The van der Waals surface area contributed by atoms with E-state index >= 15 is 8.78 Å². The molecule has 0 amide bonds. The number of fused-ring (bicyclic) bond motifs is 2. The number of para-hydroxylation sites is 1. The van der Waals surface area contributed by atoms with E-state index in [1.807, 2.05) is 0 Å². The number of rotatable bonds is 8. The number of aromatic nitrogens is 5. The highest BCUT2D eigenvalue weighted by atomic mass is 35.5. The molecule has 0 atom stereocenters. The molecule has 0 aliphatic carbocycles. The SMILES string of the molecule is O=S(=O)(Nc1ccc(F)c(Nc2ncnc3cnc(-n4cc(S(=O)(=O)C5CCOCC5)c5ccccc54)nc23)c1F)c1cccc(Cl)c1Cl. The van der Waals surface area contributed by atoms with Gasteiger partial charge in [0.25, 0.3) is 10.0 Å². The highest BCUT2D eigenvalue weighted by Crippen LogP contribution is 2.35. The zero-order chi connectivity index (χ0) is 34.5. The van der Waals surface area contributed by atoms with Crippen LogP contribution in [0.25, 0.3) is 27.9 Å². The second-order valence-electron chi connectivity index (χ2n) is 10.9. The fourth-order valence-electron chi connectivity index (χ4n) is 5.51. The molecule has 49 heavy (non-hydrogen) atoms. The van der Waals surface area contributed by atoms with E-state index in [0.29, 0.717) is 37.0 Å². The summed E-state index contributed by atoms with van der Waals surface area (Å²) in [4.78, 5) is 16.9. The van der Waals surface area contributed by atoms with Crippen LogP contribution in [-0.2, 0) is 24.6 Å². The van der Waals surface area contributed by atoms with E-state index in [9.17, 15) is 16.8 Å². The van der Waals surface area contributed by atoms with Gasteiger partial charge in [0.1, 0.15) is 33.8 Å². The highest BCUT2D eigenvalue weighted by Gasteiger charge is 2.32. The molecule has 0 bridgehead atoms. The van der Waals surface area contributed by atoms with Crippen LogP contribution in [0.2, 0.25) is 10.0 Å². The lowest BCUT2D eigenvalue weighted by Gasteiger charge is -2.21. The van der Waals surface area contributed by atoms with E-state index in [1.54, 1.807) is 24.3 Å². The second-order valence-corrected chi connectivity index (χ2v) is 15.6. The Bertz CT molecular complexity index is 2500. The lowest BCUT2D eigenvalue weighted by molar-refractivity contribution is 0.0983. The van der Waals surface area contributed by atoms with Crippen molar-refractivity contribution in [2.24, 2.45) is 0 Å². The quantitative estimate of drug-likeness (QED) is 0.178.